The van der Waals surface area contributed by atoms with Gasteiger partial charge in [-0.15, -0.1) is 0 Å². The molecule has 4 heteroatoms. The van der Waals surface area contributed by atoms with Crippen LogP contribution < -0.4 is 0 Å². The molecule has 0 aliphatic carbocycles. The Hall–Kier alpha value is -0.0800. The molecule has 9 heavy (non-hydrogen) atoms. The molecule has 0 unspecified atom stereocenters. The second-order valence-corrected chi connectivity index (χ2v) is 2.52. The first-order valence-corrected chi connectivity index (χ1v) is 3.39. The topological polar surface area (TPSA) is 29.4 Å². The van der Waals surface area contributed by atoms with Crippen LogP contribution in [0.15, 0.2) is 4.99 Å². The van der Waals surface area contributed by atoms with Gasteiger partial charge in [0.2, 0.25) is 5.91 Å². The Kier molecular flexibility index (Phi) is 4.72. The highest BCUT2D eigenvalue weighted by Crippen LogP contribution is 1.96. The average Bonchev–Trinajstić information content (AvgIpc) is 1.83. The SMILES string of the molecule is CCC(=O)N=CC(Cl)Cl. The highest BCUT2D eigenvalue weighted by atomic mass is 35.5. The first-order chi connectivity index (χ1) is 4.16. The van der Waals surface area contributed by atoms with Crippen molar-refractivity contribution < 1.29 is 4.79 Å². The monoisotopic (exact) mass is 167 g/mol. The van der Waals surface area contributed by atoms with Crippen molar-refractivity contribution in [3.63, 3.8) is 0 Å². The second-order valence-electron chi connectivity index (χ2n) is 1.36. The Bertz CT molecular complexity index is 122. The van der Waals surface area contributed by atoms with Crippen LogP contribution in [0.3, 0.4) is 0 Å². The van der Waals surface area contributed by atoms with Crippen LogP contribution in [0.5, 0.6) is 0 Å². The van der Waals surface area contributed by atoms with Gasteiger partial charge in [-0.25, -0.2) is 4.99 Å². The largest absolute Gasteiger partial charge is 0.273 e. The van der Waals surface area contributed by atoms with Crippen molar-refractivity contribution in [2.45, 2.75) is 18.2 Å². The minimum absolute atomic E-state index is 0.207. The maximum atomic E-state index is 10.4. The lowest BCUT2D eigenvalue weighted by Gasteiger charge is -1.86. The van der Waals surface area contributed by atoms with Gasteiger partial charge in [0.05, 0.1) is 0 Å². The summed E-state index contributed by atoms with van der Waals surface area (Å²) in [4.78, 5) is 13.1. The fourth-order valence-electron chi connectivity index (χ4n) is 0.231. The van der Waals surface area contributed by atoms with E-state index in [-0.39, 0.29) is 5.91 Å². The Labute approximate surface area is 63.9 Å². The summed E-state index contributed by atoms with van der Waals surface area (Å²) in [5.41, 5.74) is 0. The molecule has 0 aromatic rings. The third-order valence-corrected chi connectivity index (χ3v) is 0.859. The number of hydrogen-bond acceptors (Lipinski definition) is 1. The van der Waals surface area contributed by atoms with Gasteiger partial charge in [-0.3, -0.25) is 4.79 Å². The van der Waals surface area contributed by atoms with E-state index in [0.29, 0.717) is 6.42 Å². The van der Waals surface area contributed by atoms with Gasteiger partial charge in [-0.05, 0) is 0 Å². The van der Waals surface area contributed by atoms with Gasteiger partial charge in [0.15, 0.2) is 0 Å². The summed E-state index contributed by atoms with van der Waals surface area (Å²) in [5.74, 6) is -0.207. The first kappa shape index (κ1) is 8.92. The molecule has 52 valence electrons. The molecular formula is C5H7Cl2NO. The van der Waals surface area contributed by atoms with Crippen molar-refractivity contribution in [1.29, 1.82) is 0 Å². The van der Waals surface area contributed by atoms with Crippen LogP contribution in [0, 0.1) is 0 Å². The highest BCUT2D eigenvalue weighted by Gasteiger charge is 1.93. The highest BCUT2D eigenvalue weighted by molar-refractivity contribution is 6.51. The normalized spacial score (nSPS) is 11.1. The van der Waals surface area contributed by atoms with E-state index < -0.39 is 4.84 Å². The van der Waals surface area contributed by atoms with Gasteiger partial charge in [0.25, 0.3) is 0 Å². The van der Waals surface area contributed by atoms with Gasteiger partial charge in [0.1, 0.15) is 4.84 Å². The minimum Gasteiger partial charge on any atom is -0.273 e. The van der Waals surface area contributed by atoms with Crippen LogP contribution in [0.2, 0.25) is 0 Å². The first-order valence-electron chi connectivity index (χ1n) is 2.52. The van der Waals surface area contributed by atoms with E-state index in [0.717, 1.165) is 0 Å². The standard InChI is InChI=1S/C5H7Cl2NO/c1-2-5(9)8-3-4(6)7/h3-4H,2H2,1H3. The quantitative estimate of drug-likeness (QED) is 0.456. The minimum atomic E-state index is -0.680. The number of alkyl halides is 2. The number of aliphatic imine (C=N–C) groups is 1. The summed E-state index contributed by atoms with van der Waals surface area (Å²) in [6, 6.07) is 0. The van der Waals surface area contributed by atoms with Gasteiger partial charge in [-0.2, -0.15) is 0 Å². The number of carbonyl (C=O) groups is 1. The van der Waals surface area contributed by atoms with E-state index in [1.54, 1.807) is 6.92 Å². The maximum Gasteiger partial charge on any atom is 0.245 e. The van der Waals surface area contributed by atoms with Crippen molar-refractivity contribution in [1.82, 2.24) is 0 Å². The molecule has 0 aliphatic rings. The molecule has 0 fully saturated rings. The van der Waals surface area contributed by atoms with Gasteiger partial charge in [0, 0.05) is 12.6 Å². The van der Waals surface area contributed by atoms with Crippen LogP contribution >= 0.6 is 23.2 Å². The predicted molar refractivity (Wildman–Crippen MR) is 39.3 cm³/mol. The number of rotatable bonds is 2. The van der Waals surface area contributed by atoms with E-state index in [2.05, 4.69) is 4.99 Å². The Morgan fingerprint density at radius 1 is 1.78 bits per heavy atom. The fourth-order valence-corrected chi connectivity index (χ4v) is 0.343. The number of amides is 1. The zero-order valence-electron chi connectivity index (χ0n) is 4.97. The summed E-state index contributed by atoms with van der Waals surface area (Å²) in [6.07, 6.45) is 1.59. The lowest BCUT2D eigenvalue weighted by atomic mass is 10.5. The van der Waals surface area contributed by atoms with Crippen molar-refractivity contribution in [2.24, 2.45) is 4.99 Å². The molecule has 0 spiro atoms. The summed E-state index contributed by atoms with van der Waals surface area (Å²) >= 11 is 10.5. The number of hydrogen-bond donors (Lipinski definition) is 0. The van der Waals surface area contributed by atoms with Crippen molar-refractivity contribution in [3.05, 3.63) is 0 Å². The molecule has 0 radical (unpaired) electrons. The Balaban J connectivity index is 3.57. The Morgan fingerprint density at radius 3 is 2.67 bits per heavy atom. The molecule has 0 heterocycles. The Morgan fingerprint density at radius 2 is 2.33 bits per heavy atom. The lowest BCUT2D eigenvalue weighted by molar-refractivity contribution is -0.117. The van der Waals surface area contributed by atoms with E-state index in [4.69, 9.17) is 23.2 Å². The molecule has 0 aromatic heterocycles. The average molecular weight is 168 g/mol. The molecule has 0 saturated carbocycles. The zero-order chi connectivity index (χ0) is 7.28. The maximum absolute atomic E-state index is 10.4. The second kappa shape index (κ2) is 4.77. The molecule has 1 amide bonds. The molecule has 0 saturated heterocycles. The van der Waals surface area contributed by atoms with Gasteiger partial charge in [-0.1, -0.05) is 30.1 Å². The van der Waals surface area contributed by atoms with Gasteiger partial charge < -0.3 is 0 Å². The molecule has 0 N–H and O–H groups in total. The lowest BCUT2D eigenvalue weighted by Crippen LogP contribution is -1.94. The summed E-state index contributed by atoms with van der Waals surface area (Å²) in [6.45, 7) is 1.72. The van der Waals surface area contributed by atoms with Crippen LogP contribution in [-0.4, -0.2) is 17.0 Å². The van der Waals surface area contributed by atoms with Crippen LogP contribution in [0.1, 0.15) is 13.3 Å². The predicted octanol–water partition coefficient (Wildman–Crippen LogP) is 1.80. The molecule has 2 nitrogen and oxygen atoms in total. The van der Waals surface area contributed by atoms with Crippen molar-refractivity contribution in [2.75, 3.05) is 0 Å². The van der Waals surface area contributed by atoms with Crippen molar-refractivity contribution in [3.8, 4) is 0 Å². The molecule has 0 aliphatic heterocycles. The summed E-state index contributed by atoms with van der Waals surface area (Å²) in [7, 11) is 0. The molecule has 0 aromatic carbocycles. The molecule has 0 atom stereocenters. The fraction of sp³-hybridized carbons (Fsp3) is 0.600. The van der Waals surface area contributed by atoms with Crippen LogP contribution in [0.4, 0.5) is 0 Å². The number of halogens is 2. The van der Waals surface area contributed by atoms with E-state index in [9.17, 15) is 4.79 Å². The van der Waals surface area contributed by atoms with Crippen LogP contribution in [-0.2, 0) is 4.79 Å². The zero-order valence-corrected chi connectivity index (χ0v) is 6.49. The molecule has 0 rings (SSSR count). The van der Waals surface area contributed by atoms with Crippen molar-refractivity contribution >= 4 is 35.3 Å². The third-order valence-electron chi connectivity index (χ3n) is 0.634. The number of carbonyl (C=O) groups excluding carboxylic acids is 1. The van der Waals surface area contributed by atoms with E-state index in [1.807, 2.05) is 0 Å². The van der Waals surface area contributed by atoms with Crippen LogP contribution in [0.25, 0.3) is 0 Å². The smallest absolute Gasteiger partial charge is 0.245 e. The summed E-state index contributed by atoms with van der Waals surface area (Å²) < 4.78 is 0. The molecular weight excluding hydrogens is 161 g/mol. The number of nitrogens with zero attached hydrogens (tertiary/aromatic N) is 1. The summed E-state index contributed by atoms with van der Waals surface area (Å²) in [5, 5.41) is 0. The third kappa shape index (κ3) is 5.80. The van der Waals surface area contributed by atoms with Gasteiger partial charge >= 0.3 is 0 Å². The van der Waals surface area contributed by atoms with E-state index >= 15 is 0 Å². The van der Waals surface area contributed by atoms with E-state index in [1.165, 1.54) is 6.21 Å². The molecule has 0 bridgehead atoms.